The molecule has 0 radical (unpaired) electrons. The summed E-state index contributed by atoms with van der Waals surface area (Å²) in [5.41, 5.74) is -2.24. The van der Waals surface area contributed by atoms with Crippen molar-refractivity contribution in [1.29, 1.82) is 0 Å². The Morgan fingerprint density at radius 1 is 1.17 bits per heavy atom. The van der Waals surface area contributed by atoms with Crippen molar-refractivity contribution in [3.63, 3.8) is 0 Å². The molecule has 30 heavy (non-hydrogen) atoms. The van der Waals surface area contributed by atoms with Crippen LogP contribution in [0.25, 0.3) is 17.0 Å². The Bertz CT molecular complexity index is 1140. The number of hydrogen-bond donors (Lipinski definition) is 0. The second kappa shape index (κ2) is 7.97. The Balaban J connectivity index is 2.22. The second-order valence-electron chi connectivity index (χ2n) is 5.95. The fraction of sp³-hybridized carbons (Fsp3) is 0.235. The summed E-state index contributed by atoms with van der Waals surface area (Å²) >= 11 is -0.506. The van der Waals surface area contributed by atoms with Crippen molar-refractivity contribution in [2.24, 2.45) is 0 Å². The summed E-state index contributed by atoms with van der Waals surface area (Å²) in [6.45, 7) is 0. The third-order valence-electron chi connectivity index (χ3n) is 4.16. The molecule has 0 aliphatic carbocycles. The van der Waals surface area contributed by atoms with Crippen LogP contribution in [0, 0.1) is 5.82 Å². The summed E-state index contributed by atoms with van der Waals surface area (Å²) < 4.78 is 77.8. The number of rotatable bonds is 5. The molecular weight excluding hydrogens is 437 g/mol. The van der Waals surface area contributed by atoms with Crippen LogP contribution in [0.5, 0.6) is 0 Å². The van der Waals surface area contributed by atoms with Gasteiger partial charge in [-0.05, 0) is 17.7 Å². The van der Waals surface area contributed by atoms with Gasteiger partial charge in [-0.3, -0.25) is 9.36 Å². The molecule has 13 heteroatoms. The maximum atomic E-state index is 14.3. The van der Waals surface area contributed by atoms with E-state index in [1.54, 1.807) is 0 Å². The number of alkyl halides is 3. The zero-order chi connectivity index (χ0) is 22.2. The van der Waals surface area contributed by atoms with E-state index in [0.717, 1.165) is 25.0 Å². The highest BCUT2D eigenvalue weighted by atomic mass is 32.2. The smallest absolute Gasteiger partial charge is 0.416 e. The minimum atomic E-state index is -4.86. The number of aromatic nitrogens is 3. The van der Waals surface area contributed by atoms with E-state index in [4.69, 9.17) is 0 Å². The van der Waals surface area contributed by atoms with E-state index in [2.05, 4.69) is 14.5 Å². The summed E-state index contributed by atoms with van der Waals surface area (Å²) in [5.74, 6) is -3.15. The van der Waals surface area contributed by atoms with Crippen LogP contribution < -0.4 is 0 Å². The highest BCUT2D eigenvalue weighted by molar-refractivity contribution is 7.93. The Morgan fingerprint density at radius 3 is 2.43 bits per heavy atom. The minimum Gasteiger partial charge on any atom is -0.469 e. The Kier molecular flexibility index (Phi) is 5.74. The van der Waals surface area contributed by atoms with Gasteiger partial charge in [0.15, 0.2) is 18.2 Å². The molecule has 0 saturated carbocycles. The van der Waals surface area contributed by atoms with Crippen molar-refractivity contribution in [2.75, 3.05) is 14.2 Å². The lowest BCUT2D eigenvalue weighted by Gasteiger charge is -2.07. The molecule has 0 bridgehead atoms. The molecule has 3 aromatic rings. The molecular formula is C17H12F5N3O4S. The summed E-state index contributed by atoms with van der Waals surface area (Å²) in [5, 5.41) is 0. The van der Waals surface area contributed by atoms with Gasteiger partial charge in [0.1, 0.15) is 5.52 Å². The number of hydrogen-bond acceptors (Lipinski definition) is 6. The van der Waals surface area contributed by atoms with Gasteiger partial charge < -0.3 is 9.47 Å². The average Bonchev–Trinajstić information content (AvgIpc) is 3.27. The highest BCUT2D eigenvalue weighted by Crippen LogP contribution is 2.35. The topological polar surface area (TPSA) is 75.4 Å². The molecule has 0 fully saturated rings. The van der Waals surface area contributed by atoms with Crippen LogP contribution in [0.1, 0.15) is 21.5 Å². The van der Waals surface area contributed by atoms with Crippen LogP contribution in [0.4, 0.5) is 21.4 Å². The summed E-state index contributed by atoms with van der Waals surface area (Å²) in [6, 6.07) is 0.812. The van der Waals surface area contributed by atoms with Crippen LogP contribution in [-0.4, -0.2) is 39.7 Å². The van der Waals surface area contributed by atoms with Crippen LogP contribution >= 0.6 is 12.3 Å². The van der Waals surface area contributed by atoms with E-state index >= 15 is 0 Å². The standard InChI is InChI=1S/C17H12F5N3O4S/c1-28-13(26)3-8-6-24(7-10(8)15(27)29-2)16-23-14-11(18)4-9(17(19,20)21)5-12(14)25(16)30-22/h4-7H,3H2,1-2H3. The highest BCUT2D eigenvalue weighted by Gasteiger charge is 2.33. The number of carbonyl (C=O) groups is 2. The molecule has 7 nitrogen and oxygen atoms in total. The van der Waals surface area contributed by atoms with E-state index in [0.29, 0.717) is 10.0 Å². The van der Waals surface area contributed by atoms with E-state index in [1.807, 2.05) is 0 Å². The number of halogens is 5. The van der Waals surface area contributed by atoms with Gasteiger partial charge in [0, 0.05) is 12.4 Å². The fourth-order valence-electron chi connectivity index (χ4n) is 2.77. The maximum Gasteiger partial charge on any atom is 0.416 e. The van der Waals surface area contributed by atoms with Gasteiger partial charge in [-0.2, -0.15) is 13.2 Å². The predicted molar refractivity (Wildman–Crippen MR) is 95.2 cm³/mol. The number of ether oxygens (including phenoxy) is 2. The molecule has 160 valence electrons. The zero-order valence-corrected chi connectivity index (χ0v) is 16.1. The van der Waals surface area contributed by atoms with Gasteiger partial charge >= 0.3 is 18.1 Å². The maximum absolute atomic E-state index is 14.3. The molecule has 3 rings (SSSR count). The van der Waals surface area contributed by atoms with Crippen LogP contribution in [0.15, 0.2) is 24.5 Å². The van der Waals surface area contributed by atoms with Crippen LogP contribution in [0.2, 0.25) is 0 Å². The summed E-state index contributed by atoms with van der Waals surface area (Å²) in [7, 11) is 2.24. The van der Waals surface area contributed by atoms with Gasteiger partial charge in [0.05, 0.1) is 37.3 Å². The third-order valence-corrected chi connectivity index (χ3v) is 4.66. The van der Waals surface area contributed by atoms with Crippen LogP contribution in [0.3, 0.4) is 0 Å². The lowest BCUT2D eigenvalue weighted by atomic mass is 10.1. The number of benzene rings is 1. The number of carbonyl (C=O) groups excluding carboxylic acids is 2. The first kappa shape index (κ1) is 21.6. The molecule has 0 atom stereocenters. The van der Waals surface area contributed by atoms with Gasteiger partial charge in [-0.25, -0.2) is 18.1 Å². The van der Waals surface area contributed by atoms with E-state index in [1.165, 1.54) is 6.20 Å². The van der Waals surface area contributed by atoms with Crippen LogP contribution in [-0.2, 0) is 26.9 Å². The zero-order valence-electron chi connectivity index (χ0n) is 15.3. The molecule has 2 heterocycles. The molecule has 0 saturated heterocycles. The lowest BCUT2D eigenvalue weighted by molar-refractivity contribution is -0.140. The molecule has 0 aliphatic heterocycles. The van der Waals surface area contributed by atoms with Crippen molar-refractivity contribution in [2.45, 2.75) is 12.6 Å². The SMILES string of the molecule is COC(=O)Cc1cn(-c2nc3c(F)cc(C(F)(F)F)cc3n2SF)cc1C(=O)OC. The van der Waals surface area contributed by atoms with Crippen molar-refractivity contribution < 1.29 is 40.5 Å². The molecule has 0 aliphatic rings. The largest absolute Gasteiger partial charge is 0.469 e. The Labute approximate surface area is 169 Å². The normalized spacial score (nSPS) is 11.7. The molecule has 0 N–H and O–H groups in total. The number of fused-ring (bicyclic) bond motifs is 1. The monoisotopic (exact) mass is 449 g/mol. The number of imidazole rings is 1. The van der Waals surface area contributed by atoms with E-state index < -0.39 is 52.9 Å². The average molecular weight is 449 g/mol. The predicted octanol–water partition coefficient (Wildman–Crippen LogP) is 3.87. The number of methoxy groups -OCH3 is 2. The first-order valence-electron chi connectivity index (χ1n) is 8.05. The van der Waals surface area contributed by atoms with Crippen molar-refractivity contribution in [3.05, 3.63) is 47.0 Å². The van der Waals surface area contributed by atoms with Crippen molar-refractivity contribution >= 4 is 35.3 Å². The van der Waals surface area contributed by atoms with Gasteiger partial charge in [-0.15, -0.1) is 3.89 Å². The Hall–Kier alpha value is -3.09. The molecule has 2 aromatic heterocycles. The fourth-order valence-corrected chi connectivity index (χ4v) is 3.18. The molecule has 0 spiro atoms. The van der Waals surface area contributed by atoms with Crippen molar-refractivity contribution in [3.8, 4) is 5.95 Å². The summed E-state index contributed by atoms with van der Waals surface area (Å²) in [4.78, 5) is 27.5. The Morgan fingerprint density at radius 2 is 1.87 bits per heavy atom. The number of nitrogens with zero attached hydrogens (tertiary/aromatic N) is 3. The van der Waals surface area contributed by atoms with Gasteiger partial charge in [-0.1, -0.05) is 0 Å². The molecule has 0 unspecified atom stereocenters. The minimum absolute atomic E-state index is 0.0817. The quantitative estimate of drug-likeness (QED) is 0.435. The lowest BCUT2D eigenvalue weighted by Crippen LogP contribution is -2.09. The molecule has 0 amide bonds. The summed E-state index contributed by atoms with van der Waals surface area (Å²) in [6.07, 6.45) is -2.84. The first-order chi connectivity index (χ1) is 14.1. The van der Waals surface area contributed by atoms with Gasteiger partial charge in [0.2, 0.25) is 5.95 Å². The van der Waals surface area contributed by atoms with E-state index in [9.17, 15) is 31.0 Å². The van der Waals surface area contributed by atoms with Crippen molar-refractivity contribution in [1.82, 2.24) is 13.5 Å². The second-order valence-corrected chi connectivity index (χ2v) is 6.45. The third kappa shape index (κ3) is 3.84. The first-order valence-corrected chi connectivity index (χ1v) is 8.72. The molecule has 1 aromatic carbocycles. The van der Waals surface area contributed by atoms with E-state index in [-0.39, 0.29) is 29.6 Å². The van der Waals surface area contributed by atoms with Gasteiger partial charge in [0.25, 0.3) is 0 Å². The number of esters is 2.